The van der Waals surface area contributed by atoms with Crippen molar-refractivity contribution in [2.75, 3.05) is 5.32 Å². The summed E-state index contributed by atoms with van der Waals surface area (Å²) in [6, 6.07) is 4.24. The largest absolute Gasteiger partial charge is 0.321 e. The standard InChI is InChI=1S/C9H5BrClFN2O/c10-5-1-2-6(12)9(8(5)11)14-7(15)3-4-13/h1-2H,3H2,(H,14,15). The van der Waals surface area contributed by atoms with Crippen molar-refractivity contribution in [3.05, 3.63) is 27.4 Å². The van der Waals surface area contributed by atoms with Crippen LogP contribution in [0, 0.1) is 17.1 Å². The van der Waals surface area contributed by atoms with E-state index in [0.29, 0.717) is 4.47 Å². The molecular weight excluding hydrogens is 286 g/mol. The number of carbonyl (C=O) groups excluding carboxylic acids is 1. The molecule has 0 aromatic heterocycles. The van der Waals surface area contributed by atoms with Crippen LogP contribution in [0.4, 0.5) is 10.1 Å². The first-order valence-electron chi connectivity index (χ1n) is 3.86. The van der Waals surface area contributed by atoms with E-state index in [-0.39, 0.29) is 17.1 Å². The van der Waals surface area contributed by atoms with Crippen LogP contribution in [0.1, 0.15) is 6.42 Å². The third-order valence-corrected chi connectivity index (χ3v) is 2.83. The van der Waals surface area contributed by atoms with E-state index in [2.05, 4.69) is 21.2 Å². The number of carbonyl (C=O) groups is 1. The third kappa shape index (κ3) is 2.91. The van der Waals surface area contributed by atoms with Gasteiger partial charge in [0.25, 0.3) is 0 Å². The van der Waals surface area contributed by atoms with Crippen molar-refractivity contribution in [2.24, 2.45) is 0 Å². The number of nitrogens with one attached hydrogen (secondary N) is 1. The summed E-state index contributed by atoms with van der Waals surface area (Å²) in [7, 11) is 0. The second-order valence-electron chi connectivity index (χ2n) is 2.60. The molecule has 0 atom stereocenters. The molecule has 1 amide bonds. The maximum absolute atomic E-state index is 13.2. The molecule has 0 aliphatic rings. The molecule has 1 aromatic carbocycles. The Morgan fingerprint density at radius 3 is 2.93 bits per heavy atom. The van der Waals surface area contributed by atoms with Gasteiger partial charge in [0.05, 0.1) is 16.8 Å². The number of benzene rings is 1. The first-order valence-corrected chi connectivity index (χ1v) is 5.03. The molecule has 78 valence electrons. The second-order valence-corrected chi connectivity index (χ2v) is 3.83. The van der Waals surface area contributed by atoms with Gasteiger partial charge in [-0.15, -0.1) is 0 Å². The van der Waals surface area contributed by atoms with Crippen molar-refractivity contribution in [3.8, 4) is 6.07 Å². The van der Waals surface area contributed by atoms with Gasteiger partial charge in [-0.3, -0.25) is 4.79 Å². The predicted octanol–water partition coefficient (Wildman–Crippen LogP) is 3.09. The highest BCUT2D eigenvalue weighted by molar-refractivity contribution is 9.10. The lowest BCUT2D eigenvalue weighted by molar-refractivity contribution is -0.115. The summed E-state index contributed by atoms with van der Waals surface area (Å²) < 4.78 is 13.7. The highest BCUT2D eigenvalue weighted by Crippen LogP contribution is 2.32. The van der Waals surface area contributed by atoms with Gasteiger partial charge in [0.15, 0.2) is 0 Å². The van der Waals surface area contributed by atoms with Gasteiger partial charge in [-0.2, -0.15) is 5.26 Å². The summed E-state index contributed by atoms with van der Waals surface area (Å²) in [5, 5.41) is 10.6. The van der Waals surface area contributed by atoms with Crippen molar-refractivity contribution in [2.45, 2.75) is 6.42 Å². The van der Waals surface area contributed by atoms with Crippen LogP contribution in [0.5, 0.6) is 0 Å². The van der Waals surface area contributed by atoms with Gasteiger partial charge in [-0.25, -0.2) is 4.39 Å². The molecule has 0 spiro atoms. The lowest BCUT2D eigenvalue weighted by atomic mass is 10.3. The Labute approximate surface area is 99.0 Å². The van der Waals surface area contributed by atoms with E-state index in [1.807, 2.05) is 0 Å². The van der Waals surface area contributed by atoms with Crippen molar-refractivity contribution < 1.29 is 9.18 Å². The second kappa shape index (κ2) is 5.10. The van der Waals surface area contributed by atoms with Crippen LogP contribution in [0.25, 0.3) is 0 Å². The zero-order valence-corrected chi connectivity index (χ0v) is 9.69. The van der Waals surface area contributed by atoms with E-state index in [9.17, 15) is 9.18 Å². The quantitative estimate of drug-likeness (QED) is 0.851. The van der Waals surface area contributed by atoms with Crippen LogP contribution >= 0.6 is 27.5 Å². The van der Waals surface area contributed by atoms with Crippen LogP contribution in [-0.2, 0) is 4.79 Å². The number of nitriles is 1. The summed E-state index contributed by atoms with van der Waals surface area (Å²) in [4.78, 5) is 11.1. The highest BCUT2D eigenvalue weighted by Gasteiger charge is 2.12. The lowest BCUT2D eigenvalue weighted by Gasteiger charge is -2.07. The minimum absolute atomic E-state index is 0.0706. The number of rotatable bonds is 2. The van der Waals surface area contributed by atoms with Gasteiger partial charge in [0.1, 0.15) is 12.2 Å². The van der Waals surface area contributed by atoms with Crippen LogP contribution in [0.15, 0.2) is 16.6 Å². The molecule has 1 N–H and O–H groups in total. The summed E-state index contributed by atoms with van der Waals surface area (Å²) in [6.07, 6.45) is -0.345. The van der Waals surface area contributed by atoms with E-state index in [4.69, 9.17) is 16.9 Å². The first kappa shape index (κ1) is 12.0. The SMILES string of the molecule is N#CCC(=O)Nc1c(F)ccc(Br)c1Cl. The molecule has 0 saturated heterocycles. The molecule has 1 rings (SSSR count). The minimum Gasteiger partial charge on any atom is -0.321 e. The van der Waals surface area contributed by atoms with E-state index in [1.54, 1.807) is 6.07 Å². The van der Waals surface area contributed by atoms with Crippen LogP contribution < -0.4 is 5.32 Å². The molecule has 0 aliphatic carbocycles. The normalized spacial score (nSPS) is 9.47. The summed E-state index contributed by atoms with van der Waals surface area (Å²) in [5.41, 5.74) is -0.119. The molecule has 0 heterocycles. The van der Waals surface area contributed by atoms with Crippen LogP contribution in [0.3, 0.4) is 0 Å². The van der Waals surface area contributed by atoms with Gasteiger partial charge >= 0.3 is 0 Å². The Kier molecular flexibility index (Phi) is 4.06. The minimum atomic E-state index is -0.644. The average Bonchev–Trinajstić information content (AvgIpc) is 2.19. The molecule has 0 bridgehead atoms. The molecule has 15 heavy (non-hydrogen) atoms. The lowest BCUT2D eigenvalue weighted by Crippen LogP contribution is -2.12. The fourth-order valence-corrected chi connectivity index (χ4v) is 1.43. The molecule has 6 heteroatoms. The fourth-order valence-electron chi connectivity index (χ4n) is 0.897. The molecule has 0 unspecified atom stereocenters. The van der Waals surface area contributed by atoms with Gasteiger partial charge in [0, 0.05) is 4.47 Å². The third-order valence-electron chi connectivity index (χ3n) is 1.55. The molecule has 0 saturated carbocycles. The topological polar surface area (TPSA) is 52.9 Å². The number of nitrogens with zero attached hydrogens (tertiary/aromatic N) is 1. The van der Waals surface area contributed by atoms with Gasteiger partial charge < -0.3 is 5.32 Å². The number of halogens is 3. The molecule has 1 aromatic rings. The van der Waals surface area contributed by atoms with Crippen molar-refractivity contribution in [1.29, 1.82) is 5.26 Å². The molecular formula is C9H5BrClFN2O. The Bertz CT molecular complexity index is 444. The van der Waals surface area contributed by atoms with Gasteiger partial charge in [-0.1, -0.05) is 11.6 Å². The number of hydrogen-bond donors (Lipinski definition) is 1. The van der Waals surface area contributed by atoms with Crippen LogP contribution in [-0.4, -0.2) is 5.91 Å². The number of amides is 1. The Balaban J connectivity index is 3.00. The summed E-state index contributed by atoms with van der Waals surface area (Å²) >= 11 is 8.85. The van der Waals surface area contributed by atoms with E-state index < -0.39 is 11.7 Å². The number of anilines is 1. The Hall–Kier alpha value is -1.12. The van der Waals surface area contributed by atoms with Crippen molar-refractivity contribution in [3.63, 3.8) is 0 Å². The van der Waals surface area contributed by atoms with Crippen molar-refractivity contribution in [1.82, 2.24) is 0 Å². The molecule has 3 nitrogen and oxygen atoms in total. The van der Waals surface area contributed by atoms with E-state index >= 15 is 0 Å². The average molecular weight is 292 g/mol. The summed E-state index contributed by atoms with van der Waals surface area (Å²) in [6.45, 7) is 0. The zero-order valence-electron chi connectivity index (χ0n) is 7.35. The van der Waals surface area contributed by atoms with Crippen LogP contribution in [0.2, 0.25) is 5.02 Å². The smallest absolute Gasteiger partial charge is 0.238 e. The van der Waals surface area contributed by atoms with E-state index in [0.717, 1.165) is 6.07 Å². The number of hydrogen-bond acceptors (Lipinski definition) is 2. The van der Waals surface area contributed by atoms with Gasteiger partial charge in [-0.05, 0) is 28.1 Å². The van der Waals surface area contributed by atoms with E-state index in [1.165, 1.54) is 6.07 Å². The maximum Gasteiger partial charge on any atom is 0.238 e. The molecule has 0 radical (unpaired) electrons. The van der Waals surface area contributed by atoms with Gasteiger partial charge in [0.2, 0.25) is 5.91 Å². The first-order chi connectivity index (χ1) is 7.06. The molecule has 0 fully saturated rings. The maximum atomic E-state index is 13.2. The fraction of sp³-hybridized carbons (Fsp3) is 0.111. The Morgan fingerprint density at radius 2 is 2.33 bits per heavy atom. The zero-order chi connectivity index (χ0) is 11.4. The predicted molar refractivity (Wildman–Crippen MR) is 58.0 cm³/mol. The molecule has 0 aliphatic heterocycles. The summed E-state index contributed by atoms with van der Waals surface area (Å²) in [5.74, 6) is -1.24. The Morgan fingerprint density at radius 1 is 1.67 bits per heavy atom. The van der Waals surface area contributed by atoms with Crippen molar-refractivity contribution >= 4 is 39.1 Å². The monoisotopic (exact) mass is 290 g/mol. The highest BCUT2D eigenvalue weighted by atomic mass is 79.9.